The van der Waals surface area contributed by atoms with Crippen LogP contribution in [0.1, 0.15) is 10.7 Å². The fourth-order valence-electron chi connectivity index (χ4n) is 3.39. The van der Waals surface area contributed by atoms with E-state index in [1.807, 2.05) is 42.5 Å². The summed E-state index contributed by atoms with van der Waals surface area (Å²) < 4.78 is 12.5. The molecule has 8 heteroatoms. The zero-order valence-electron chi connectivity index (χ0n) is 14.9. The van der Waals surface area contributed by atoms with Gasteiger partial charge in [0.05, 0.1) is 23.1 Å². The molecule has 0 radical (unpaired) electrons. The molecule has 0 fully saturated rings. The summed E-state index contributed by atoms with van der Waals surface area (Å²) in [5, 5.41) is 11.4. The second-order valence-corrected chi connectivity index (χ2v) is 7.68. The van der Waals surface area contributed by atoms with Gasteiger partial charge in [0.15, 0.2) is 5.58 Å². The van der Waals surface area contributed by atoms with E-state index in [0.29, 0.717) is 28.2 Å². The van der Waals surface area contributed by atoms with Gasteiger partial charge in [0.1, 0.15) is 10.6 Å². The van der Waals surface area contributed by atoms with Gasteiger partial charge in [0, 0.05) is 17.2 Å². The first-order valence-corrected chi connectivity index (χ1v) is 9.78. The van der Waals surface area contributed by atoms with Crippen LogP contribution in [0.3, 0.4) is 0 Å². The minimum Gasteiger partial charge on any atom is -0.422 e. The first-order chi connectivity index (χ1) is 14.2. The average molecular weight is 400 g/mol. The van der Waals surface area contributed by atoms with Crippen LogP contribution < -0.4 is 5.63 Å². The van der Waals surface area contributed by atoms with Crippen LogP contribution in [0, 0.1) is 0 Å². The lowest BCUT2D eigenvalue weighted by atomic mass is 10.1. The van der Waals surface area contributed by atoms with Gasteiger partial charge in [-0.3, -0.25) is 0 Å². The summed E-state index contributed by atoms with van der Waals surface area (Å²) in [5.41, 5.74) is 2.71. The average Bonchev–Trinajstić information content (AvgIpc) is 3.41. The van der Waals surface area contributed by atoms with Crippen LogP contribution in [0.2, 0.25) is 0 Å². The molecule has 0 aliphatic carbocycles. The number of fused-ring (bicyclic) bond motifs is 3. The fraction of sp³-hybridized carbons (Fsp3) is 0.0476. The van der Waals surface area contributed by atoms with Crippen molar-refractivity contribution in [3.63, 3.8) is 0 Å². The second-order valence-electron chi connectivity index (χ2n) is 6.64. The molecule has 0 amide bonds. The topological polar surface area (TPSA) is 86.4 Å². The second kappa shape index (κ2) is 6.11. The molecule has 0 spiro atoms. The number of para-hydroxylation sites is 2. The van der Waals surface area contributed by atoms with Crippen molar-refractivity contribution in [3.8, 4) is 11.3 Å². The highest BCUT2D eigenvalue weighted by molar-refractivity contribution is 7.16. The monoisotopic (exact) mass is 400 g/mol. The van der Waals surface area contributed by atoms with Gasteiger partial charge in [-0.25, -0.2) is 14.3 Å². The Kier molecular flexibility index (Phi) is 3.41. The minimum atomic E-state index is -0.413. The molecule has 0 saturated heterocycles. The highest BCUT2D eigenvalue weighted by Gasteiger charge is 2.16. The predicted molar refractivity (Wildman–Crippen MR) is 109 cm³/mol. The van der Waals surface area contributed by atoms with Crippen LogP contribution in [0.25, 0.3) is 38.2 Å². The third-order valence-corrected chi connectivity index (χ3v) is 5.70. The zero-order valence-corrected chi connectivity index (χ0v) is 15.7. The van der Waals surface area contributed by atoms with E-state index in [0.717, 1.165) is 27.1 Å². The summed E-state index contributed by atoms with van der Waals surface area (Å²) in [7, 11) is 0. The molecule has 0 atom stereocenters. The summed E-state index contributed by atoms with van der Waals surface area (Å²) >= 11 is 1.46. The van der Waals surface area contributed by atoms with Gasteiger partial charge in [0.25, 0.3) is 0 Å². The number of imidazole rings is 1. The molecule has 4 heterocycles. The highest BCUT2D eigenvalue weighted by atomic mass is 32.1. The SMILES string of the molecule is O=c1oc2ccccc2cc1-c1cn2nc(Cc3noc4ccccc34)sc2n1. The van der Waals surface area contributed by atoms with Gasteiger partial charge < -0.3 is 8.94 Å². The van der Waals surface area contributed by atoms with Crippen LogP contribution in [0.15, 0.2) is 74.5 Å². The molecule has 0 aliphatic heterocycles. The van der Waals surface area contributed by atoms with Gasteiger partial charge in [-0.1, -0.05) is 46.8 Å². The van der Waals surface area contributed by atoms with E-state index in [2.05, 4.69) is 15.2 Å². The molecular formula is C21H12N4O3S. The quantitative estimate of drug-likeness (QED) is 0.412. The molecule has 0 aliphatic rings. The van der Waals surface area contributed by atoms with Gasteiger partial charge >= 0.3 is 5.63 Å². The maximum Gasteiger partial charge on any atom is 0.345 e. The Hall–Kier alpha value is -3.78. The number of hydrogen-bond acceptors (Lipinski definition) is 7. The smallest absolute Gasteiger partial charge is 0.345 e. The summed E-state index contributed by atoms with van der Waals surface area (Å²) in [5.74, 6) is 0. The maximum absolute atomic E-state index is 12.4. The zero-order chi connectivity index (χ0) is 19.4. The minimum absolute atomic E-state index is 0.413. The molecule has 7 nitrogen and oxygen atoms in total. The van der Waals surface area contributed by atoms with E-state index < -0.39 is 5.63 Å². The number of rotatable bonds is 3. The van der Waals surface area contributed by atoms with Crippen molar-refractivity contribution in [2.24, 2.45) is 0 Å². The summed E-state index contributed by atoms with van der Waals surface area (Å²) in [6, 6.07) is 17.0. The highest BCUT2D eigenvalue weighted by Crippen LogP contribution is 2.26. The van der Waals surface area contributed by atoms with E-state index in [9.17, 15) is 4.79 Å². The Morgan fingerprint density at radius 2 is 1.86 bits per heavy atom. The lowest BCUT2D eigenvalue weighted by molar-refractivity contribution is 0.448. The number of hydrogen-bond donors (Lipinski definition) is 0. The van der Waals surface area contributed by atoms with E-state index >= 15 is 0 Å². The Balaban J connectivity index is 1.38. The van der Waals surface area contributed by atoms with E-state index in [4.69, 9.17) is 8.94 Å². The maximum atomic E-state index is 12.4. The molecule has 6 aromatic rings. The van der Waals surface area contributed by atoms with Crippen molar-refractivity contribution in [2.45, 2.75) is 6.42 Å². The molecule has 0 unspecified atom stereocenters. The molecule has 0 saturated carbocycles. The summed E-state index contributed by atoms with van der Waals surface area (Å²) in [6.07, 6.45) is 2.30. The number of aromatic nitrogens is 4. The standard InChI is InChI=1S/C21H12N4O3S/c26-20-14(9-12-5-1-3-7-17(12)27-20)16-11-25-21(22-16)29-19(23-25)10-15-13-6-2-4-8-18(13)28-24-15/h1-9,11H,10H2. The molecule has 6 rings (SSSR count). The fourth-order valence-corrected chi connectivity index (χ4v) is 4.27. The van der Waals surface area contributed by atoms with Crippen molar-refractivity contribution >= 4 is 38.2 Å². The predicted octanol–water partition coefficient (Wildman–Crippen LogP) is 4.30. The molecule has 0 bridgehead atoms. The Bertz CT molecular complexity index is 1540. The van der Waals surface area contributed by atoms with Crippen molar-refractivity contribution in [1.29, 1.82) is 0 Å². The van der Waals surface area contributed by atoms with Gasteiger partial charge in [-0.15, -0.1) is 0 Å². The van der Waals surface area contributed by atoms with Gasteiger partial charge in [-0.2, -0.15) is 5.10 Å². The van der Waals surface area contributed by atoms with Crippen molar-refractivity contribution in [1.82, 2.24) is 19.8 Å². The lowest BCUT2D eigenvalue weighted by Gasteiger charge is -1.98. The van der Waals surface area contributed by atoms with E-state index in [1.165, 1.54) is 11.3 Å². The van der Waals surface area contributed by atoms with Crippen molar-refractivity contribution in [3.05, 3.63) is 81.9 Å². The van der Waals surface area contributed by atoms with E-state index in [-0.39, 0.29) is 0 Å². The van der Waals surface area contributed by atoms with Crippen LogP contribution in [0.5, 0.6) is 0 Å². The van der Waals surface area contributed by atoms with Crippen LogP contribution in [0.4, 0.5) is 0 Å². The van der Waals surface area contributed by atoms with Crippen molar-refractivity contribution in [2.75, 3.05) is 0 Å². The Morgan fingerprint density at radius 3 is 2.76 bits per heavy atom. The Morgan fingerprint density at radius 1 is 1.03 bits per heavy atom. The van der Waals surface area contributed by atoms with Gasteiger partial charge in [0.2, 0.25) is 4.96 Å². The lowest BCUT2D eigenvalue weighted by Crippen LogP contribution is -2.02. The molecular weight excluding hydrogens is 388 g/mol. The van der Waals surface area contributed by atoms with Crippen LogP contribution in [-0.2, 0) is 6.42 Å². The normalized spacial score (nSPS) is 11.7. The Labute approximate surface area is 166 Å². The van der Waals surface area contributed by atoms with Crippen LogP contribution >= 0.6 is 11.3 Å². The first-order valence-electron chi connectivity index (χ1n) is 8.96. The summed E-state index contributed by atoms with van der Waals surface area (Å²) in [6.45, 7) is 0. The molecule has 2 aromatic carbocycles. The third-order valence-electron chi connectivity index (χ3n) is 4.77. The van der Waals surface area contributed by atoms with E-state index in [1.54, 1.807) is 22.8 Å². The molecule has 29 heavy (non-hydrogen) atoms. The number of nitrogens with zero attached hydrogens (tertiary/aromatic N) is 4. The molecule has 0 N–H and O–H groups in total. The van der Waals surface area contributed by atoms with Gasteiger partial charge in [-0.05, 0) is 24.3 Å². The third kappa shape index (κ3) is 2.65. The van der Waals surface area contributed by atoms with Crippen LogP contribution in [-0.4, -0.2) is 19.8 Å². The molecule has 4 aromatic heterocycles. The first kappa shape index (κ1) is 16.2. The van der Waals surface area contributed by atoms with Crippen molar-refractivity contribution < 1.29 is 8.94 Å². The molecule has 140 valence electrons. The summed E-state index contributed by atoms with van der Waals surface area (Å²) in [4.78, 5) is 17.7. The number of benzene rings is 2. The largest absolute Gasteiger partial charge is 0.422 e.